The highest BCUT2D eigenvalue weighted by Crippen LogP contribution is 2.51. The third-order valence-electron chi connectivity index (χ3n) is 7.17. The van der Waals surface area contributed by atoms with Gasteiger partial charge in [-0.25, -0.2) is 4.98 Å². The number of hydrogen-bond donors (Lipinski definition) is 1. The number of thiazole rings is 1. The SMILES string of the molecule is CC1(C)CC(=O)C2=C(C1)Nc1ccc3ccccc3c1[C@H]2c1ccc(-c2nc3ccccc3s2)o1. The van der Waals surface area contributed by atoms with E-state index in [4.69, 9.17) is 9.40 Å². The minimum Gasteiger partial charge on any atom is -0.458 e. The molecule has 0 bridgehead atoms. The fourth-order valence-corrected chi connectivity index (χ4v) is 6.62. The lowest BCUT2D eigenvalue weighted by Crippen LogP contribution is -2.33. The summed E-state index contributed by atoms with van der Waals surface area (Å²) in [5.41, 5.74) is 4.93. The molecular weight excluding hydrogens is 452 g/mol. The fraction of sp³-hybridized carbons (Fsp3) is 0.200. The fourth-order valence-electron chi connectivity index (χ4n) is 5.69. The van der Waals surface area contributed by atoms with Crippen molar-refractivity contribution < 1.29 is 9.21 Å². The lowest BCUT2D eigenvalue weighted by atomic mass is 9.69. The van der Waals surface area contributed by atoms with Gasteiger partial charge >= 0.3 is 0 Å². The van der Waals surface area contributed by atoms with Crippen LogP contribution >= 0.6 is 11.3 Å². The molecule has 0 amide bonds. The number of nitrogens with one attached hydrogen (secondary N) is 1. The first-order valence-corrected chi connectivity index (χ1v) is 12.8. The molecule has 0 spiro atoms. The molecule has 0 radical (unpaired) electrons. The molecule has 0 unspecified atom stereocenters. The molecule has 1 aliphatic heterocycles. The van der Waals surface area contributed by atoms with E-state index < -0.39 is 0 Å². The number of fused-ring (bicyclic) bond motifs is 4. The number of benzene rings is 3. The van der Waals surface area contributed by atoms with Gasteiger partial charge < -0.3 is 9.73 Å². The topological polar surface area (TPSA) is 55.1 Å². The van der Waals surface area contributed by atoms with Crippen LogP contribution in [0.2, 0.25) is 0 Å². The van der Waals surface area contributed by atoms with Gasteiger partial charge in [0.1, 0.15) is 5.76 Å². The van der Waals surface area contributed by atoms with Crippen molar-refractivity contribution in [3.63, 3.8) is 0 Å². The minimum atomic E-state index is -0.251. The highest BCUT2D eigenvalue weighted by atomic mass is 32.1. The number of carbonyl (C=O) groups is 1. The van der Waals surface area contributed by atoms with Crippen LogP contribution in [0.4, 0.5) is 5.69 Å². The molecule has 35 heavy (non-hydrogen) atoms. The summed E-state index contributed by atoms with van der Waals surface area (Å²) in [6.45, 7) is 4.33. The molecule has 7 rings (SSSR count). The van der Waals surface area contributed by atoms with Crippen molar-refractivity contribution in [1.82, 2.24) is 4.98 Å². The largest absolute Gasteiger partial charge is 0.458 e. The molecule has 1 aliphatic carbocycles. The van der Waals surface area contributed by atoms with Crippen LogP contribution in [-0.2, 0) is 4.79 Å². The number of ketones is 1. The van der Waals surface area contributed by atoms with Crippen molar-refractivity contribution in [2.24, 2.45) is 5.41 Å². The predicted molar refractivity (Wildman–Crippen MR) is 142 cm³/mol. The molecule has 2 aromatic heterocycles. The van der Waals surface area contributed by atoms with Crippen LogP contribution in [-0.4, -0.2) is 10.8 Å². The summed E-state index contributed by atoms with van der Waals surface area (Å²) in [5, 5.41) is 6.80. The first-order valence-electron chi connectivity index (χ1n) is 12.0. The van der Waals surface area contributed by atoms with E-state index in [0.29, 0.717) is 6.42 Å². The van der Waals surface area contributed by atoms with E-state index in [9.17, 15) is 4.79 Å². The number of hydrogen-bond acceptors (Lipinski definition) is 5. The average molecular weight is 477 g/mol. The van der Waals surface area contributed by atoms with Crippen LogP contribution in [0.3, 0.4) is 0 Å². The van der Waals surface area contributed by atoms with Crippen LogP contribution < -0.4 is 5.32 Å². The Morgan fingerprint density at radius 1 is 0.971 bits per heavy atom. The second kappa shape index (κ2) is 7.40. The minimum absolute atomic E-state index is 0.0723. The van der Waals surface area contributed by atoms with E-state index >= 15 is 0 Å². The van der Waals surface area contributed by atoms with Crippen LogP contribution in [0.5, 0.6) is 0 Å². The Morgan fingerprint density at radius 2 is 1.80 bits per heavy atom. The first kappa shape index (κ1) is 20.7. The van der Waals surface area contributed by atoms with Crippen LogP contribution in [0.1, 0.15) is 43.9 Å². The highest BCUT2D eigenvalue weighted by Gasteiger charge is 2.42. The molecule has 1 atom stereocenters. The van der Waals surface area contributed by atoms with Crippen molar-refractivity contribution in [3.05, 3.63) is 95.4 Å². The first-order chi connectivity index (χ1) is 17.0. The number of carbonyl (C=O) groups excluding carboxylic acids is 1. The molecule has 3 heterocycles. The standard InChI is InChI=1S/C30H24N2O2S/c1-30(2)15-21-27(22(33)16-30)28(26-18-8-4-3-7-17(18)11-12-20(26)31-21)23-13-14-24(34-23)29-32-19-9-5-6-10-25(19)35-29/h3-14,28,31H,15-16H2,1-2H3/t28-/m1/s1. The maximum atomic E-state index is 13.6. The molecule has 5 heteroatoms. The molecule has 4 nitrogen and oxygen atoms in total. The molecule has 3 aromatic carbocycles. The average Bonchev–Trinajstić information content (AvgIpc) is 3.49. The van der Waals surface area contributed by atoms with Gasteiger partial charge in [0.25, 0.3) is 0 Å². The molecule has 5 aromatic rings. The summed E-state index contributed by atoms with van der Waals surface area (Å²) < 4.78 is 7.66. The number of furan rings is 1. The zero-order valence-corrected chi connectivity index (χ0v) is 20.4. The summed E-state index contributed by atoms with van der Waals surface area (Å²) in [5.74, 6) is 1.48. The maximum absolute atomic E-state index is 13.6. The highest BCUT2D eigenvalue weighted by molar-refractivity contribution is 7.21. The zero-order chi connectivity index (χ0) is 23.7. The normalized spacial score (nSPS) is 19.0. The Kier molecular flexibility index (Phi) is 4.37. The van der Waals surface area contributed by atoms with E-state index in [1.807, 2.05) is 30.3 Å². The van der Waals surface area contributed by atoms with E-state index in [-0.39, 0.29) is 17.1 Å². The van der Waals surface area contributed by atoms with Gasteiger partial charge in [-0.15, -0.1) is 11.3 Å². The van der Waals surface area contributed by atoms with Gasteiger partial charge in [-0.2, -0.15) is 0 Å². The molecule has 1 N–H and O–H groups in total. The maximum Gasteiger partial charge on any atom is 0.162 e. The number of rotatable bonds is 2. The molecule has 0 fully saturated rings. The van der Waals surface area contributed by atoms with Gasteiger partial charge in [0.05, 0.1) is 16.1 Å². The van der Waals surface area contributed by atoms with Gasteiger partial charge in [0, 0.05) is 23.4 Å². The number of anilines is 1. The Bertz CT molecular complexity index is 1650. The second-order valence-corrected chi connectivity index (χ2v) is 11.4. The van der Waals surface area contributed by atoms with Gasteiger partial charge in [-0.3, -0.25) is 4.79 Å². The summed E-state index contributed by atoms with van der Waals surface area (Å²) in [6.07, 6.45) is 1.37. The summed E-state index contributed by atoms with van der Waals surface area (Å²) >= 11 is 1.63. The van der Waals surface area contributed by atoms with Crippen LogP contribution in [0.25, 0.3) is 31.8 Å². The summed E-state index contributed by atoms with van der Waals surface area (Å²) in [4.78, 5) is 18.4. The molecule has 0 saturated heterocycles. The Morgan fingerprint density at radius 3 is 2.69 bits per heavy atom. The number of nitrogens with zero attached hydrogens (tertiary/aromatic N) is 1. The van der Waals surface area contributed by atoms with Gasteiger partial charge in [0.15, 0.2) is 16.6 Å². The van der Waals surface area contributed by atoms with Gasteiger partial charge in [0.2, 0.25) is 0 Å². The lowest BCUT2D eigenvalue weighted by molar-refractivity contribution is -0.118. The Labute approximate surface area is 207 Å². The van der Waals surface area contributed by atoms with E-state index in [0.717, 1.165) is 66.5 Å². The smallest absolute Gasteiger partial charge is 0.162 e. The zero-order valence-electron chi connectivity index (χ0n) is 19.6. The molecule has 172 valence electrons. The number of Topliss-reactive ketones (excluding diaryl/α,β-unsaturated/α-hetero) is 1. The van der Waals surface area contributed by atoms with Crippen molar-refractivity contribution in [2.45, 2.75) is 32.6 Å². The monoisotopic (exact) mass is 476 g/mol. The third kappa shape index (κ3) is 3.26. The molecular formula is C30H24N2O2S. The third-order valence-corrected chi connectivity index (χ3v) is 8.22. The number of para-hydroxylation sites is 1. The van der Waals surface area contributed by atoms with E-state index in [2.05, 4.69) is 61.6 Å². The van der Waals surface area contributed by atoms with Gasteiger partial charge in [-0.05, 0) is 58.5 Å². The van der Waals surface area contributed by atoms with Crippen LogP contribution in [0, 0.1) is 5.41 Å². The Balaban J connectivity index is 1.44. The van der Waals surface area contributed by atoms with E-state index in [1.54, 1.807) is 11.3 Å². The Hall–Kier alpha value is -3.70. The lowest BCUT2D eigenvalue weighted by Gasteiger charge is -2.39. The van der Waals surface area contributed by atoms with Crippen molar-refractivity contribution >= 4 is 43.8 Å². The second-order valence-electron chi connectivity index (χ2n) is 10.3. The van der Waals surface area contributed by atoms with Crippen LogP contribution in [0.15, 0.2) is 88.5 Å². The number of aromatic nitrogens is 1. The quantitative estimate of drug-likeness (QED) is 0.281. The van der Waals surface area contributed by atoms with Crippen molar-refractivity contribution in [3.8, 4) is 10.8 Å². The predicted octanol–water partition coefficient (Wildman–Crippen LogP) is 7.91. The molecule has 2 aliphatic rings. The molecule has 0 saturated carbocycles. The van der Waals surface area contributed by atoms with Crippen molar-refractivity contribution in [2.75, 3.05) is 5.32 Å². The summed E-state index contributed by atoms with van der Waals surface area (Å²) in [6, 6.07) is 24.8. The summed E-state index contributed by atoms with van der Waals surface area (Å²) in [7, 11) is 0. The van der Waals surface area contributed by atoms with Gasteiger partial charge in [-0.1, -0.05) is 56.3 Å². The number of allylic oxidation sites excluding steroid dienone is 2. The van der Waals surface area contributed by atoms with E-state index in [1.165, 1.54) is 0 Å². The van der Waals surface area contributed by atoms with Crippen molar-refractivity contribution in [1.29, 1.82) is 0 Å².